The monoisotopic (exact) mass is 285 g/mol. The van der Waals surface area contributed by atoms with Crippen LogP contribution in [0.25, 0.3) is 0 Å². The number of rotatable bonds is 4. The van der Waals surface area contributed by atoms with Gasteiger partial charge in [0.2, 0.25) is 0 Å². The summed E-state index contributed by atoms with van der Waals surface area (Å²) < 4.78 is 0. The van der Waals surface area contributed by atoms with Crippen molar-refractivity contribution in [1.82, 2.24) is 5.32 Å². The molecule has 0 radical (unpaired) electrons. The third kappa shape index (κ3) is 3.42. The molecule has 3 heteroatoms. The first kappa shape index (κ1) is 14.7. The smallest absolute Gasteiger partial charge is 0.252 e. The Morgan fingerprint density at radius 2 is 1.75 bits per heavy atom. The highest BCUT2D eigenvalue weighted by Crippen LogP contribution is 2.21. The number of hydrogen-bond donors (Lipinski definition) is 1. The number of hydrogen-bond acceptors (Lipinski definition) is 2. The minimum atomic E-state index is -0.0250. The predicted octanol–water partition coefficient (Wildman–Crippen LogP) is 4.21. The Balaban J connectivity index is 2.13. The molecule has 2 rings (SSSR count). The van der Waals surface area contributed by atoms with Gasteiger partial charge in [0.1, 0.15) is 0 Å². The Bertz CT molecular complexity index is 592. The van der Waals surface area contributed by atoms with E-state index in [1.807, 2.05) is 37.4 Å². The Hall–Kier alpha value is -1.74. The molecule has 1 unspecified atom stereocenters. The van der Waals surface area contributed by atoms with Crippen LogP contribution in [-0.4, -0.2) is 12.2 Å². The Morgan fingerprint density at radius 1 is 1.10 bits per heavy atom. The van der Waals surface area contributed by atoms with Gasteiger partial charge in [-0.25, -0.2) is 0 Å². The fourth-order valence-corrected chi connectivity index (χ4v) is 2.64. The second-order valence-electron chi connectivity index (χ2n) is 4.81. The molecule has 0 saturated heterocycles. The van der Waals surface area contributed by atoms with E-state index in [-0.39, 0.29) is 11.9 Å². The van der Waals surface area contributed by atoms with Crippen molar-refractivity contribution in [2.24, 2.45) is 0 Å². The van der Waals surface area contributed by atoms with Gasteiger partial charge in [0.05, 0.1) is 11.6 Å². The summed E-state index contributed by atoms with van der Waals surface area (Å²) in [7, 11) is 0. The third-order valence-corrected chi connectivity index (χ3v) is 4.07. The van der Waals surface area contributed by atoms with Crippen LogP contribution in [0.5, 0.6) is 0 Å². The molecule has 0 fully saturated rings. The van der Waals surface area contributed by atoms with Gasteiger partial charge in [-0.3, -0.25) is 4.79 Å². The molecule has 1 amide bonds. The Kier molecular flexibility index (Phi) is 4.85. The van der Waals surface area contributed by atoms with Crippen LogP contribution in [0.15, 0.2) is 53.4 Å². The zero-order valence-electron chi connectivity index (χ0n) is 12.0. The van der Waals surface area contributed by atoms with Crippen LogP contribution in [0.1, 0.15) is 34.5 Å². The maximum Gasteiger partial charge on any atom is 0.252 e. The van der Waals surface area contributed by atoms with Crippen LogP contribution >= 0.6 is 11.8 Å². The molecule has 0 saturated carbocycles. The lowest BCUT2D eigenvalue weighted by molar-refractivity contribution is 0.0937. The number of nitrogens with one attached hydrogen (secondary N) is 1. The van der Waals surface area contributed by atoms with E-state index in [4.69, 9.17) is 0 Å². The summed E-state index contributed by atoms with van der Waals surface area (Å²) in [6.45, 7) is 4.06. The summed E-state index contributed by atoms with van der Waals surface area (Å²) in [6.07, 6.45) is 1.98. The highest BCUT2D eigenvalue weighted by molar-refractivity contribution is 7.98. The van der Waals surface area contributed by atoms with Crippen molar-refractivity contribution in [3.63, 3.8) is 0 Å². The summed E-state index contributed by atoms with van der Waals surface area (Å²) in [5, 5.41) is 3.05. The van der Waals surface area contributed by atoms with Crippen molar-refractivity contribution < 1.29 is 4.79 Å². The summed E-state index contributed by atoms with van der Waals surface area (Å²) in [4.78, 5) is 13.4. The lowest BCUT2D eigenvalue weighted by Crippen LogP contribution is -2.27. The molecule has 0 aliphatic heterocycles. The highest BCUT2D eigenvalue weighted by Gasteiger charge is 2.13. The maximum atomic E-state index is 12.4. The Labute approximate surface area is 124 Å². The largest absolute Gasteiger partial charge is 0.345 e. The van der Waals surface area contributed by atoms with Crippen molar-refractivity contribution in [3.8, 4) is 0 Å². The normalized spacial score (nSPS) is 11.9. The molecule has 0 heterocycles. The van der Waals surface area contributed by atoms with Gasteiger partial charge in [0.25, 0.3) is 5.91 Å². The molecule has 20 heavy (non-hydrogen) atoms. The SMILES string of the molecule is CSc1ccccc1C(=O)NC(C)c1ccc(C)cc1. The number of thioether (sulfide) groups is 1. The molecule has 0 aliphatic rings. The fraction of sp³-hybridized carbons (Fsp3) is 0.235. The number of carbonyl (C=O) groups excluding carboxylic acids is 1. The van der Waals surface area contributed by atoms with Crippen LogP contribution in [-0.2, 0) is 0 Å². The van der Waals surface area contributed by atoms with E-state index in [0.717, 1.165) is 16.0 Å². The average Bonchev–Trinajstić information content (AvgIpc) is 2.47. The minimum Gasteiger partial charge on any atom is -0.345 e. The van der Waals surface area contributed by atoms with E-state index in [1.54, 1.807) is 11.8 Å². The van der Waals surface area contributed by atoms with Gasteiger partial charge in [-0.15, -0.1) is 11.8 Å². The van der Waals surface area contributed by atoms with Crippen LogP contribution < -0.4 is 5.32 Å². The molecule has 1 atom stereocenters. The van der Waals surface area contributed by atoms with Gasteiger partial charge in [-0.1, -0.05) is 42.0 Å². The quantitative estimate of drug-likeness (QED) is 0.853. The molecular weight excluding hydrogens is 266 g/mol. The van der Waals surface area contributed by atoms with Gasteiger partial charge >= 0.3 is 0 Å². The van der Waals surface area contributed by atoms with Crippen molar-refractivity contribution in [2.45, 2.75) is 24.8 Å². The highest BCUT2D eigenvalue weighted by atomic mass is 32.2. The molecule has 2 aromatic carbocycles. The third-order valence-electron chi connectivity index (χ3n) is 3.28. The van der Waals surface area contributed by atoms with Crippen molar-refractivity contribution >= 4 is 17.7 Å². The average molecular weight is 285 g/mol. The van der Waals surface area contributed by atoms with E-state index in [2.05, 4.69) is 36.5 Å². The summed E-state index contributed by atoms with van der Waals surface area (Å²) in [5.74, 6) is -0.0250. The zero-order valence-corrected chi connectivity index (χ0v) is 12.8. The van der Waals surface area contributed by atoms with E-state index < -0.39 is 0 Å². The van der Waals surface area contributed by atoms with Gasteiger partial charge in [-0.2, -0.15) is 0 Å². The molecule has 0 aliphatic carbocycles. The van der Waals surface area contributed by atoms with Crippen LogP contribution in [0.2, 0.25) is 0 Å². The number of carbonyl (C=O) groups is 1. The molecule has 2 aromatic rings. The van der Waals surface area contributed by atoms with E-state index in [1.165, 1.54) is 5.56 Å². The van der Waals surface area contributed by atoms with E-state index in [9.17, 15) is 4.79 Å². The summed E-state index contributed by atoms with van der Waals surface area (Å²) in [6, 6.07) is 15.9. The lowest BCUT2D eigenvalue weighted by atomic mass is 10.1. The first-order valence-corrected chi connectivity index (χ1v) is 7.84. The lowest BCUT2D eigenvalue weighted by Gasteiger charge is -2.15. The molecule has 0 bridgehead atoms. The first-order chi connectivity index (χ1) is 9.61. The number of aryl methyl sites for hydroxylation is 1. The molecular formula is C17H19NOS. The predicted molar refractivity (Wildman–Crippen MR) is 85.3 cm³/mol. The van der Waals surface area contributed by atoms with Crippen molar-refractivity contribution in [1.29, 1.82) is 0 Å². The van der Waals surface area contributed by atoms with Gasteiger partial charge in [-0.05, 0) is 37.8 Å². The standard InChI is InChI=1S/C17H19NOS/c1-12-8-10-14(11-9-12)13(2)18-17(19)15-6-4-5-7-16(15)20-3/h4-11,13H,1-3H3,(H,18,19). The van der Waals surface area contributed by atoms with Crippen molar-refractivity contribution in [2.75, 3.05) is 6.26 Å². The number of benzene rings is 2. The second-order valence-corrected chi connectivity index (χ2v) is 5.65. The van der Waals surface area contributed by atoms with E-state index >= 15 is 0 Å². The molecule has 0 aromatic heterocycles. The number of amides is 1. The Morgan fingerprint density at radius 3 is 2.40 bits per heavy atom. The van der Waals surface area contributed by atoms with Gasteiger partial charge in [0, 0.05) is 4.90 Å². The van der Waals surface area contributed by atoms with E-state index in [0.29, 0.717) is 0 Å². The van der Waals surface area contributed by atoms with Crippen LogP contribution in [0, 0.1) is 6.92 Å². The summed E-state index contributed by atoms with van der Waals surface area (Å²) >= 11 is 1.59. The van der Waals surface area contributed by atoms with Gasteiger partial charge in [0.15, 0.2) is 0 Å². The second kappa shape index (κ2) is 6.62. The molecule has 104 valence electrons. The topological polar surface area (TPSA) is 29.1 Å². The fourth-order valence-electron chi connectivity index (χ4n) is 2.05. The summed E-state index contributed by atoms with van der Waals surface area (Å²) in [5.41, 5.74) is 3.07. The van der Waals surface area contributed by atoms with Crippen LogP contribution in [0.3, 0.4) is 0 Å². The first-order valence-electron chi connectivity index (χ1n) is 6.62. The van der Waals surface area contributed by atoms with Crippen LogP contribution in [0.4, 0.5) is 0 Å². The molecule has 0 spiro atoms. The zero-order chi connectivity index (χ0) is 14.5. The molecule has 2 nitrogen and oxygen atoms in total. The van der Waals surface area contributed by atoms with Crippen molar-refractivity contribution in [3.05, 3.63) is 65.2 Å². The molecule has 1 N–H and O–H groups in total. The van der Waals surface area contributed by atoms with Gasteiger partial charge < -0.3 is 5.32 Å². The minimum absolute atomic E-state index is 0.00184. The maximum absolute atomic E-state index is 12.4.